The maximum Gasteiger partial charge on any atom is 0.272 e. The minimum Gasteiger partial charge on any atom is -0.487 e. The second kappa shape index (κ2) is 8.91. The molecule has 1 aromatic carbocycles. The van der Waals surface area contributed by atoms with E-state index in [2.05, 4.69) is 11.9 Å². The summed E-state index contributed by atoms with van der Waals surface area (Å²) >= 11 is 0. The Morgan fingerprint density at radius 3 is 2.45 bits per heavy atom. The number of halogens is 1. The molecule has 0 bridgehead atoms. The maximum atomic E-state index is 13.8. The van der Waals surface area contributed by atoms with Crippen molar-refractivity contribution in [1.82, 2.24) is 14.8 Å². The molecule has 3 heterocycles. The number of para-hydroxylation sites is 1. The number of aromatic nitrogens is 1. The highest BCUT2D eigenvalue weighted by Gasteiger charge is 2.27. The first-order valence-electron chi connectivity index (χ1n) is 10.5. The number of hydrogen-bond donors (Lipinski definition) is 0. The topological polar surface area (TPSA) is 45.7 Å². The van der Waals surface area contributed by atoms with E-state index < -0.39 is 0 Å². The first kappa shape index (κ1) is 19.8. The van der Waals surface area contributed by atoms with Crippen molar-refractivity contribution in [2.75, 3.05) is 33.2 Å². The van der Waals surface area contributed by atoms with Gasteiger partial charge in [-0.3, -0.25) is 4.79 Å². The van der Waals surface area contributed by atoms with Crippen molar-refractivity contribution in [3.8, 4) is 5.75 Å². The van der Waals surface area contributed by atoms with Gasteiger partial charge in [-0.2, -0.15) is 0 Å². The van der Waals surface area contributed by atoms with Crippen molar-refractivity contribution >= 4 is 5.91 Å². The molecule has 2 aromatic rings. The highest BCUT2D eigenvalue weighted by molar-refractivity contribution is 5.92. The number of rotatable bonds is 4. The van der Waals surface area contributed by atoms with E-state index in [-0.39, 0.29) is 23.6 Å². The van der Waals surface area contributed by atoms with Gasteiger partial charge in [0.2, 0.25) is 0 Å². The zero-order valence-corrected chi connectivity index (χ0v) is 16.9. The Kier molecular flexibility index (Phi) is 6.09. The van der Waals surface area contributed by atoms with E-state index in [0.29, 0.717) is 37.5 Å². The highest BCUT2D eigenvalue weighted by atomic mass is 19.1. The van der Waals surface area contributed by atoms with Gasteiger partial charge >= 0.3 is 0 Å². The Balaban J connectivity index is 1.35. The molecular formula is C23H28FN3O2. The monoisotopic (exact) mass is 397 g/mol. The molecule has 154 valence electrons. The lowest BCUT2D eigenvalue weighted by Crippen LogP contribution is -2.42. The van der Waals surface area contributed by atoms with Gasteiger partial charge in [0.25, 0.3) is 5.91 Å². The molecule has 2 aliphatic rings. The van der Waals surface area contributed by atoms with Crippen LogP contribution in [0.1, 0.15) is 47.8 Å². The summed E-state index contributed by atoms with van der Waals surface area (Å²) in [5.74, 6) is 0.341. The third kappa shape index (κ3) is 4.75. The van der Waals surface area contributed by atoms with Gasteiger partial charge in [0.1, 0.15) is 11.8 Å². The van der Waals surface area contributed by atoms with E-state index >= 15 is 0 Å². The zero-order chi connectivity index (χ0) is 20.2. The van der Waals surface area contributed by atoms with Crippen molar-refractivity contribution in [2.45, 2.75) is 37.7 Å². The third-order valence-corrected chi connectivity index (χ3v) is 5.99. The Bertz CT molecular complexity index is 844. The molecule has 0 radical (unpaired) electrons. The first-order chi connectivity index (χ1) is 14.1. The number of benzene rings is 1. The molecule has 4 rings (SSSR count). The summed E-state index contributed by atoms with van der Waals surface area (Å²) in [4.78, 5) is 21.8. The predicted molar refractivity (Wildman–Crippen MR) is 110 cm³/mol. The lowest BCUT2D eigenvalue weighted by Gasteiger charge is -2.32. The van der Waals surface area contributed by atoms with Crippen LogP contribution < -0.4 is 4.74 Å². The minimum atomic E-state index is -0.346. The normalized spacial score (nSPS) is 19.3. The fourth-order valence-corrected chi connectivity index (χ4v) is 4.16. The molecule has 0 spiro atoms. The van der Waals surface area contributed by atoms with Crippen LogP contribution in [0.2, 0.25) is 0 Å². The maximum absolute atomic E-state index is 13.8. The Labute approximate surface area is 171 Å². The summed E-state index contributed by atoms with van der Waals surface area (Å²) in [6, 6.07) is 12.3. The van der Waals surface area contributed by atoms with Crippen LogP contribution in [0.4, 0.5) is 4.39 Å². The van der Waals surface area contributed by atoms with Crippen molar-refractivity contribution in [3.63, 3.8) is 0 Å². The fourth-order valence-electron chi connectivity index (χ4n) is 4.16. The summed E-state index contributed by atoms with van der Waals surface area (Å²) in [5.41, 5.74) is 1.55. The van der Waals surface area contributed by atoms with Gasteiger partial charge in [0, 0.05) is 37.5 Å². The van der Waals surface area contributed by atoms with Crippen LogP contribution >= 0.6 is 0 Å². The largest absolute Gasteiger partial charge is 0.487 e. The lowest BCUT2D eigenvalue weighted by molar-refractivity contribution is 0.0582. The van der Waals surface area contributed by atoms with E-state index in [1.807, 2.05) is 23.1 Å². The lowest BCUT2D eigenvalue weighted by atomic mass is 9.93. The molecule has 0 aliphatic carbocycles. The number of carbonyl (C=O) groups is 1. The molecule has 1 amide bonds. The zero-order valence-electron chi connectivity index (χ0n) is 16.9. The first-order valence-corrected chi connectivity index (χ1v) is 10.5. The fraction of sp³-hybridized carbons (Fsp3) is 0.478. The molecule has 2 fully saturated rings. The number of amides is 1. The average Bonchev–Trinajstić information content (AvgIpc) is 2.76. The number of nitrogens with zero attached hydrogens (tertiary/aromatic N) is 3. The van der Waals surface area contributed by atoms with Crippen molar-refractivity contribution in [3.05, 3.63) is 59.7 Å². The summed E-state index contributed by atoms with van der Waals surface area (Å²) in [6.07, 6.45) is 3.47. The van der Waals surface area contributed by atoms with E-state index in [1.165, 1.54) is 6.07 Å². The van der Waals surface area contributed by atoms with Gasteiger partial charge in [-0.25, -0.2) is 9.37 Å². The van der Waals surface area contributed by atoms with Crippen LogP contribution in [0.15, 0.2) is 42.5 Å². The molecule has 2 saturated heterocycles. The number of piperidine rings is 2. The molecule has 0 atom stereocenters. The number of hydrogen-bond acceptors (Lipinski definition) is 4. The van der Waals surface area contributed by atoms with Crippen molar-refractivity contribution < 1.29 is 13.9 Å². The molecule has 2 aliphatic heterocycles. The summed E-state index contributed by atoms with van der Waals surface area (Å²) in [5, 5.41) is 0. The van der Waals surface area contributed by atoms with Crippen LogP contribution in [-0.4, -0.2) is 60.0 Å². The predicted octanol–water partition coefficient (Wildman–Crippen LogP) is 3.71. The van der Waals surface area contributed by atoms with Gasteiger partial charge in [-0.1, -0.05) is 18.2 Å². The Morgan fingerprint density at radius 1 is 1.00 bits per heavy atom. The van der Waals surface area contributed by atoms with Crippen LogP contribution in [0.3, 0.4) is 0 Å². The molecule has 0 N–H and O–H groups in total. The summed E-state index contributed by atoms with van der Waals surface area (Å²) in [7, 11) is 2.14. The van der Waals surface area contributed by atoms with Crippen molar-refractivity contribution in [1.29, 1.82) is 0 Å². The molecule has 0 saturated carbocycles. The summed E-state index contributed by atoms with van der Waals surface area (Å²) < 4.78 is 19.6. The molecule has 5 nitrogen and oxygen atoms in total. The van der Waals surface area contributed by atoms with E-state index in [9.17, 15) is 9.18 Å². The van der Waals surface area contributed by atoms with Crippen LogP contribution in [0.5, 0.6) is 5.75 Å². The van der Waals surface area contributed by atoms with Crippen LogP contribution in [-0.2, 0) is 0 Å². The number of likely N-dealkylation sites (tertiary alicyclic amines) is 2. The standard InChI is InChI=1S/C23H28FN3O2/c1-26-13-9-17(10-14-26)20-6-4-7-21(25-20)23(28)27-15-11-18(12-16-27)29-22-8-3-2-5-19(22)24/h2-8,17-18H,9-16H2,1H3. The van der Waals surface area contributed by atoms with E-state index in [1.54, 1.807) is 18.2 Å². The van der Waals surface area contributed by atoms with E-state index in [0.717, 1.165) is 31.6 Å². The van der Waals surface area contributed by atoms with Gasteiger partial charge in [-0.05, 0) is 57.2 Å². The molecule has 0 unspecified atom stereocenters. The molecule has 1 aromatic heterocycles. The minimum absolute atomic E-state index is 0.0240. The summed E-state index contributed by atoms with van der Waals surface area (Å²) in [6.45, 7) is 3.33. The number of pyridine rings is 1. The molecule has 6 heteroatoms. The molecular weight excluding hydrogens is 369 g/mol. The van der Waals surface area contributed by atoms with Crippen molar-refractivity contribution in [2.24, 2.45) is 0 Å². The van der Waals surface area contributed by atoms with E-state index in [4.69, 9.17) is 9.72 Å². The van der Waals surface area contributed by atoms with Gasteiger partial charge < -0.3 is 14.5 Å². The Morgan fingerprint density at radius 2 is 1.72 bits per heavy atom. The third-order valence-electron chi connectivity index (χ3n) is 5.99. The second-order valence-electron chi connectivity index (χ2n) is 8.07. The smallest absolute Gasteiger partial charge is 0.272 e. The quantitative estimate of drug-likeness (QED) is 0.789. The van der Waals surface area contributed by atoms with Gasteiger partial charge in [0.05, 0.1) is 0 Å². The van der Waals surface area contributed by atoms with Gasteiger partial charge in [-0.15, -0.1) is 0 Å². The number of ether oxygens (including phenoxy) is 1. The van der Waals surface area contributed by atoms with Crippen LogP contribution in [0.25, 0.3) is 0 Å². The number of carbonyl (C=O) groups excluding carboxylic acids is 1. The second-order valence-corrected chi connectivity index (χ2v) is 8.07. The SMILES string of the molecule is CN1CCC(c2cccc(C(=O)N3CCC(Oc4ccccc4F)CC3)n2)CC1. The average molecular weight is 397 g/mol. The Hall–Kier alpha value is -2.47. The molecule has 29 heavy (non-hydrogen) atoms. The van der Waals surface area contributed by atoms with Gasteiger partial charge in [0.15, 0.2) is 11.6 Å². The highest BCUT2D eigenvalue weighted by Crippen LogP contribution is 2.27. The van der Waals surface area contributed by atoms with Crippen LogP contribution in [0, 0.1) is 5.82 Å².